The summed E-state index contributed by atoms with van der Waals surface area (Å²) in [6.07, 6.45) is -0.0178. The van der Waals surface area contributed by atoms with Crippen molar-refractivity contribution in [1.29, 1.82) is 0 Å². The summed E-state index contributed by atoms with van der Waals surface area (Å²) in [7, 11) is 0. The van der Waals surface area contributed by atoms with Crippen LogP contribution in [0.1, 0.15) is 26.3 Å². The lowest BCUT2D eigenvalue weighted by atomic mass is 10.1. The first-order chi connectivity index (χ1) is 7.59. The minimum Gasteiger partial charge on any atom is -0.454 e. The van der Waals surface area contributed by atoms with E-state index in [1.54, 1.807) is 0 Å². The summed E-state index contributed by atoms with van der Waals surface area (Å²) in [4.78, 5) is 11.5. The smallest absolute Gasteiger partial charge is 0.367 e. The molecule has 2 nitrogen and oxygen atoms in total. The molecule has 1 aromatic rings. The second-order valence-electron chi connectivity index (χ2n) is 4.09. The van der Waals surface area contributed by atoms with Crippen molar-refractivity contribution in [2.24, 2.45) is 5.92 Å². The van der Waals surface area contributed by atoms with Gasteiger partial charge in [0.1, 0.15) is 6.10 Å². The summed E-state index contributed by atoms with van der Waals surface area (Å²) in [6, 6.07) is 9.92. The highest BCUT2D eigenvalue weighted by molar-refractivity contribution is 8.12. The third-order valence-electron chi connectivity index (χ3n) is 2.42. The lowest BCUT2D eigenvalue weighted by Gasteiger charge is -2.15. The third kappa shape index (κ3) is 4.71. The minimum absolute atomic E-state index is 0.0178. The van der Waals surface area contributed by atoms with Crippen LogP contribution in [-0.2, 0) is 10.5 Å². The molecule has 16 heavy (non-hydrogen) atoms. The van der Waals surface area contributed by atoms with E-state index in [1.165, 1.54) is 11.8 Å². The van der Waals surface area contributed by atoms with Crippen molar-refractivity contribution in [1.82, 2.24) is 0 Å². The number of ether oxygens (including phenoxy) is 1. The van der Waals surface area contributed by atoms with E-state index in [0.29, 0.717) is 11.7 Å². The second-order valence-corrected chi connectivity index (χ2v) is 5.00. The van der Waals surface area contributed by atoms with E-state index in [0.717, 1.165) is 5.56 Å². The van der Waals surface area contributed by atoms with E-state index in [1.807, 2.05) is 51.1 Å². The fourth-order valence-corrected chi connectivity index (χ4v) is 1.74. The van der Waals surface area contributed by atoms with E-state index in [-0.39, 0.29) is 11.4 Å². The molecular formula is C13H18O2S. The molecule has 0 saturated carbocycles. The maximum absolute atomic E-state index is 11.5. The zero-order chi connectivity index (χ0) is 12.0. The second kappa shape index (κ2) is 6.59. The number of hydrogen-bond acceptors (Lipinski definition) is 3. The Labute approximate surface area is 101 Å². The molecule has 0 bridgehead atoms. The van der Waals surface area contributed by atoms with Crippen LogP contribution < -0.4 is 0 Å². The van der Waals surface area contributed by atoms with E-state index in [9.17, 15) is 4.79 Å². The van der Waals surface area contributed by atoms with Crippen LogP contribution in [0.3, 0.4) is 0 Å². The lowest BCUT2D eigenvalue weighted by molar-refractivity contribution is 0.105. The molecule has 0 aliphatic heterocycles. The van der Waals surface area contributed by atoms with Gasteiger partial charge < -0.3 is 4.74 Å². The Morgan fingerprint density at radius 1 is 1.25 bits per heavy atom. The normalized spacial score (nSPS) is 12.5. The molecule has 0 aliphatic carbocycles. The molecule has 0 aliphatic rings. The van der Waals surface area contributed by atoms with Crippen molar-refractivity contribution >= 4 is 17.1 Å². The zero-order valence-electron chi connectivity index (χ0n) is 9.97. The molecule has 0 amide bonds. The van der Waals surface area contributed by atoms with Crippen LogP contribution in [0.5, 0.6) is 0 Å². The summed E-state index contributed by atoms with van der Waals surface area (Å²) in [5.74, 6) is 1.03. The van der Waals surface area contributed by atoms with E-state index in [4.69, 9.17) is 4.74 Å². The van der Waals surface area contributed by atoms with Crippen molar-refractivity contribution in [2.45, 2.75) is 32.6 Å². The highest BCUT2D eigenvalue weighted by Crippen LogP contribution is 2.17. The molecule has 3 heteroatoms. The highest BCUT2D eigenvalue weighted by Gasteiger charge is 2.13. The molecule has 1 rings (SSSR count). The number of thioether (sulfide) groups is 1. The molecule has 1 aromatic carbocycles. The van der Waals surface area contributed by atoms with Gasteiger partial charge in [-0.15, -0.1) is 0 Å². The van der Waals surface area contributed by atoms with Crippen LogP contribution in [0.4, 0.5) is 4.79 Å². The fourth-order valence-electron chi connectivity index (χ4n) is 1.04. The maximum Gasteiger partial charge on any atom is 0.367 e. The molecule has 0 heterocycles. The Hall–Kier alpha value is -0.960. The summed E-state index contributed by atoms with van der Waals surface area (Å²) in [6.45, 7) is 6.01. The van der Waals surface area contributed by atoms with E-state index in [2.05, 4.69) is 0 Å². The summed E-state index contributed by atoms with van der Waals surface area (Å²) in [5, 5.41) is -0.190. The SMILES string of the molecule is CC(C)C(C)OC(=O)SCc1ccccc1. The van der Waals surface area contributed by atoms with Gasteiger partial charge in [-0.3, -0.25) is 0 Å². The average Bonchev–Trinajstić information content (AvgIpc) is 2.27. The first kappa shape index (κ1) is 13.1. The summed E-state index contributed by atoms with van der Waals surface area (Å²) >= 11 is 1.21. The van der Waals surface area contributed by atoms with Gasteiger partial charge >= 0.3 is 5.30 Å². The quantitative estimate of drug-likeness (QED) is 0.739. The fraction of sp³-hybridized carbons (Fsp3) is 0.462. The predicted molar refractivity (Wildman–Crippen MR) is 68.5 cm³/mol. The molecule has 0 saturated heterocycles. The van der Waals surface area contributed by atoms with Crippen molar-refractivity contribution in [2.75, 3.05) is 0 Å². The van der Waals surface area contributed by atoms with Gasteiger partial charge in [0.15, 0.2) is 0 Å². The Balaban J connectivity index is 2.31. The van der Waals surface area contributed by atoms with Gasteiger partial charge in [0.05, 0.1) is 0 Å². The molecule has 0 radical (unpaired) electrons. The lowest BCUT2D eigenvalue weighted by Crippen LogP contribution is -2.17. The van der Waals surface area contributed by atoms with Gasteiger partial charge in [-0.25, -0.2) is 4.79 Å². The van der Waals surface area contributed by atoms with Gasteiger partial charge in [0.25, 0.3) is 0 Å². The molecule has 0 fully saturated rings. The molecule has 1 unspecified atom stereocenters. The van der Waals surface area contributed by atoms with Crippen LogP contribution in [0.15, 0.2) is 30.3 Å². The average molecular weight is 238 g/mol. The molecular weight excluding hydrogens is 220 g/mol. The monoisotopic (exact) mass is 238 g/mol. The van der Waals surface area contributed by atoms with Gasteiger partial charge in [-0.05, 0) is 30.2 Å². The van der Waals surface area contributed by atoms with Crippen LogP contribution >= 0.6 is 11.8 Å². The van der Waals surface area contributed by atoms with Crippen LogP contribution in [0.2, 0.25) is 0 Å². The first-order valence-corrected chi connectivity index (χ1v) is 6.45. The maximum atomic E-state index is 11.5. The largest absolute Gasteiger partial charge is 0.454 e. The van der Waals surface area contributed by atoms with Crippen LogP contribution in [0, 0.1) is 5.92 Å². The number of carbonyl (C=O) groups is 1. The van der Waals surface area contributed by atoms with Gasteiger partial charge in [0.2, 0.25) is 0 Å². The Bertz CT molecular complexity index is 322. The molecule has 0 aromatic heterocycles. The molecule has 0 N–H and O–H groups in total. The molecule has 0 spiro atoms. The third-order valence-corrected chi connectivity index (χ3v) is 3.23. The van der Waals surface area contributed by atoms with Gasteiger partial charge in [0, 0.05) is 5.75 Å². The van der Waals surface area contributed by atoms with Crippen molar-refractivity contribution in [3.8, 4) is 0 Å². The number of benzene rings is 1. The zero-order valence-corrected chi connectivity index (χ0v) is 10.8. The van der Waals surface area contributed by atoms with Gasteiger partial charge in [-0.1, -0.05) is 44.2 Å². The molecule has 1 atom stereocenters. The Kier molecular flexibility index (Phi) is 5.39. The molecule has 88 valence electrons. The van der Waals surface area contributed by atoms with Crippen LogP contribution in [0.25, 0.3) is 0 Å². The minimum atomic E-state index is -0.190. The highest BCUT2D eigenvalue weighted by atomic mass is 32.2. The Morgan fingerprint density at radius 2 is 1.88 bits per heavy atom. The van der Waals surface area contributed by atoms with Crippen molar-refractivity contribution in [3.63, 3.8) is 0 Å². The number of hydrogen-bond donors (Lipinski definition) is 0. The van der Waals surface area contributed by atoms with E-state index >= 15 is 0 Å². The van der Waals surface area contributed by atoms with Crippen LogP contribution in [-0.4, -0.2) is 11.4 Å². The standard InChI is InChI=1S/C13H18O2S/c1-10(2)11(3)15-13(14)16-9-12-7-5-4-6-8-12/h4-8,10-11H,9H2,1-3H3. The van der Waals surface area contributed by atoms with Gasteiger partial charge in [-0.2, -0.15) is 0 Å². The van der Waals surface area contributed by atoms with E-state index < -0.39 is 0 Å². The topological polar surface area (TPSA) is 26.3 Å². The summed E-state index contributed by atoms with van der Waals surface area (Å²) in [5.41, 5.74) is 1.14. The predicted octanol–water partition coefficient (Wildman–Crippen LogP) is 4.10. The Morgan fingerprint density at radius 3 is 2.44 bits per heavy atom. The number of carbonyl (C=O) groups excluding carboxylic acids is 1. The number of rotatable bonds is 4. The van der Waals surface area contributed by atoms with Crippen molar-refractivity contribution in [3.05, 3.63) is 35.9 Å². The summed E-state index contributed by atoms with van der Waals surface area (Å²) < 4.78 is 5.26. The van der Waals surface area contributed by atoms with Crippen molar-refractivity contribution < 1.29 is 9.53 Å². The first-order valence-electron chi connectivity index (χ1n) is 5.47.